The Morgan fingerprint density at radius 3 is 2.46 bits per heavy atom. The van der Waals surface area contributed by atoms with E-state index in [9.17, 15) is 0 Å². The molecule has 2 N–H and O–H groups in total. The number of hydrogen-bond acceptors (Lipinski definition) is 3. The van der Waals surface area contributed by atoms with Crippen molar-refractivity contribution in [2.24, 2.45) is 0 Å². The van der Waals surface area contributed by atoms with E-state index in [1.807, 2.05) is 0 Å². The lowest BCUT2D eigenvalue weighted by Gasteiger charge is -2.19. The molecule has 80 valence electrons. The maximum atomic E-state index is 8.68. The molecular formula is C10H24N2O. The number of aliphatic hydroxyl groups excluding tert-OH is 1. The minimum absolute atomic E-state index is 0.304. The Labute approximate surface area is 82.1 Å². The molecule has 0 aromatic heterocycles. The Morgan fingerprint density at radius 1 is 1.15 bits per heavy atom. The van der Waals surface area contributed by atoms with E-state index in [0.29, 0.717) is 6.61 Å². The van der Waals surface area contributed by atoms with Gasteiger partial charge in [-0.05, 0) is 25.9 Å². The van der Waals surface area contributed by atoms with E-state index in [1.165, 1.54) is 6.42 Å². The molecule has 0 aliphatic carbocycles. The zero-order valence-electron chi connectivity index (χ0n) is 9.05. The number of rotatable bonds is 9. The third-order valence-corrected chi connectivity index (χ3v) is 2.11. The maximum Gasteiger partial charge on any atom is 0.0443 e. The number of hydrogen-bond donors (Lipinski definition) is 2. The molecule has 0 atom stereocenters. The van der Waals surface area contributed by atoms with Crippen molar-refractivity contribution in [3.8, 4) is 0 Å². The second-order valence-electron chi connectivity index (χ2n) is 3.26. The Bertz CT molecular complexity index is 98.9. The van der Waals surface area contributed by atoms with Gasteiger partial charge < -0.3 is 15.3 Å². The number of aliphatic hydroxyl groups is 1. The molecule has 0 unspecified atom stereocenters. The van der Waals surface area contributed by atoms with Crippen LogP contribution in [0.3, 0.4) is 0 Å². The highest BCUT2D eigenvalue weighted by Gasteiger charge is 1.99. The number of nitrogens with one attached hydrogen (secondary N) is 1. The molecule has 0 radical (unpaired) electrons. The summed E-state index contributed by atoms with van der Waals surface area (Å²) in [6.07, 6.45) is 2.09. The van der Waals surface area contributed by atoms with Crippen LogP contribution in [0.4, 0.5) is 0 Å². The summed E-state index contributed by atoms with van der Waals surface area (Å²) < 4.78 is 0. The molecular weight excluding hydrogens is 164 g/mol. The Kier molecular flexibility index (Phi) is 9.87. The van der Waals surface area contributed by atoms with E-state index < -0.39 is 0 Å². The summed E-state index contributed by atoms with van der Waals surface area (Å²) in [5.41, 5.74) is 0. The molecule has 0 bridgehead atoms. The molecule has 13 heavy (non-hydrogen) atoms. The highest BCUT2D eigenvalue weighted by Crippen LogP contribution is 1.89. The number of likely N-dealkylation sites (N-methyl/N-ethyl adjacent to an activating group) is 1. The second-order valence-corrected chi connectivity index (χ2v) is 3.26. The van der Waals surface area contributed by atoms with E-state index in [2.05, 4.69) is 24.1 Å². The first kappa shape index (κ1) is 12.9. The third-order valence-electron chi connectivity index (χ3n) is 2.11. The SMILES string of the molecule is CCCNCCN(CC)CCCO. The summed E-state index contributed by atoms with van der Waals surface area (Å²) in [5.74, 6) is 0. The van der Waals surface area contributed by atoms with Crippen LogP contribution in [0.5, 0.6) is 0 Å². The average molecular weight is 188 g/mol. The van der Waals surface area contributed by atoms with E-state index in [1.54, 1.807) is 0 Å². The van der Waals surface area contributed by atoms with Crippen LogP contribution in [0.25, 0.3) is 0 Å². The lowest BCUT2D eigenvalue weighted by molar-refractivity contribution is 0.230. The molecule has 0 spiro atoms. The maximum absolute atomic E-state index is 8.68. The van der Waals surface area contributed by atoms with Gasteiger partial charge in [-0.15, -0.1) is 0 Å². The van der Waals surface area contributed by atoms with Crippen LogP contribution in [0.2, 0.25) is 0 Å². The Hall–Kier alpha value is -0.120. The van der Waals surface area contributed by atoms with Crippen LogP contribution < -0.4 is 5.32 Å². The fraction of sp³-hybridized carbons (Fsp3) is 1.00. The van der Waals surface area contributed by atoms with E-state index in [0.717, 1.165) is 39.1 Å². The highest BCUT2D eigenvalue weighted by molar-refractivity contribution is 4.57. The van der Waals surface area contributed by atoms with Crippen molar-refractivity contribution in [2.75, 3.05) is 39.3 Å². The van der Waals surface area contributed by atoms with Crippen molar-refractivity contribution in [2.45, 2.75) is 26.7 Å². The first-order valence-electron chi connectivity index (χ1n) is 5.39. The van der Waals surface area contributed by atoms with Gasteiger partial charge in [0.25, 0.3) is 0 Å². The minimum atomic E-state index is 0.304. The summed E-state index contributed by atoms with van der Waals surface area (Å²) in [4.78, 5) is 2.36. The average Bonchev–Trinajstić information content (AvgIpc) is 2.17. The van der Waals surface area contributed by atoms with Gasteiger partial charge in [-0.3, -0.25) is 0 Å². The van der Waals surface area contributed by atoms with Crippen molar-refractivity contribution in [3.63, 3.8) is 0 Å². The van der Waals surface area contributed by atoms with Gasteiger partial charge in [-0.25, -0.2) is 0 Å². The molecule has 0 amide bonds. The standard InChI is InChI=1S/C10H24N2O/c1-3-6-11-7-9-12(4-2)8-5-10-13/h11,13H,3-10H2,1-2H3. The van der Waals surface area contributed by atoms with Crippen LogP contribution in [-0.4, -0.2) is 49.3 Å². The third kappa shape index (κ3) is 8.22. The van der Waals surface area contributed by atoms with Crippen molar-refractivity contribution in [3.05, 3.63) is 0 Å². The lowest BCUT2D eigenvalue weighted by atomic mass is 10.3. The van der Waals surface area contributed by atoms with Crippen LogP contribution in [-0.2, 0) is 0 Å². The van der Waals surface area contributed by atoms with E-state index >= 15 is 0 Å². The van der Waals surface area contributed by atoms with Crippen LogP contribution in [0.15, 0.2) is 0 Å². The van der Waals surface area contributed by atoms with Gasteiger partial charge >= 0.3 is 0 Å². The minimum Gasteiger partial charge on any atom is -0.396 e. The first-order valence-corrected chi connectivity index (χ1v) is 5.39. The van der Waals surface area contributed by atoms with Crippen molar-refractivity contribution >= 4 is 0 Å². The van der Waals surface area contributed by atoms with Crippen molar-refractivity contribution < 1.29 is 5.11 Å². The van der Waals surface area contributed by atoms with Gasteiger partial charge in [-0.2, -0.15) is 0 Å². The van der Waals surface area contributed by atoms with Gasteiger partial charge in [0.1, 0.15) is 0 Å². The summed E-state index contributed by atoms with van der Waals surface area (Å²) in [6.45, 7) is 10.0. The smallest absolute Gasteiger partial charge is 0.0443 e. The quantitative estimate of drug-likeness (QED) is 0.523. The van der Waals surface area contributed by atoms with Crippen LogP contribution >= 0.6 is 0 Å². The normalized spacial score (nSPS) is 11.1. The molecule has 0 fully saturated rings. The predicted molar refractivity (Wildman–Crippen MR) is 57.0 cm³/mol. The highest BCUT2D eigenvalue weighted by atomic mass is 16.3. The van der Waals surface area contributed by atoms with Crippen LogP contribution in [0.1, 0.15) is 26.7 Å². The second kappa shape index (κ2) is 9.96. The zero-order valence-corrected chi connectivity index (χ0v) is 9.05. The van der Waals surface area contributed by atoms with Gasteiger partial charge in [0.05, 0.1) is 0 Å². The molecule has 0 saturated carbocycles. The molecule has 3 heteroatoms. The summed E-state index contributed by atoms with van der Waals surface area (Å²) >= 11 is 0. The molecule has 0 saturated heterocycles. The molecule has 0 aliphatic rings. The fourth-order valence-electron chi connectivity index (χ4n) is 1.26. The molecule has 0 aromatic carbocycles. The summed E-state index contributed by atoms with van der Waals surface area (Å²) in [7, 11) is 0. The molecule has 0 rings (SSSR count). The molecule has 0 heterocycles. The Morgan fingerprint density at radius 2 is 1.92 bits per heavy atom. The van der Waals surface area contributed by atoms with Gasteiger partial charge in [0.2, 0.25) is 0 Å². The topological polar surface area (TPSA) is 35.5 Å². The molecule has 0 aliphatic heterocycles. The van der Waals surface area contributed by atoms with Gasteiger partial charge in [0, 0.05) is 26.2 Å². The molecule has 0 aromatic rings. The first-order chi connectivity index (χ1) is 6.35. The van der Waals surface area contributed by atoms with Crippen molar-refractivity contribution in [1.29, 1.82) is 0 Å². The monoisotopic (exact) mass is 188 g/mol. The lowest BCUT2D eigenvalue weighted by Crippen LogP contribution is -2.33. The van der Waals surface area contributed by atoms with Gasteiger partial charge in [-0.1, -0.05) is 13.8 Å². The van der Waals surface area contributed by atoms with Crippen LogP contribution in [0, 0.1) is 0 Å². The Balaban J connectivity index is 3.25. The summed E-state index contributed by atoms with van der Waals surface area (Å²) in [6, 6.07) is 0. The van der Waals surface area contributed by atoms with Gasteiger partial charge in [0.15, 0.2) is 0 Å². The van der Waals surface area contributed by atoms with E-state index in [4.69, 9.17) is 5.11 Å². The zero-order chi connectivity index (χ0) is 9.94. The summed E-state index contributed by atoms with van der Waals surface area (Å²) in [5, 5.41) is 12.1. The molecule has 3 nitrogen and oxygen atoms in total. The van der Waals surface area contributed by atoms with E-state index in [-0.39, 0.29) is 0 Å². The largest absolute Gasteiger partial charge is 0.396 e. The van der Waals surface area contributed by atoms with Crippen molar-refractivity contribution in [1.82, 2.24) is 10.2 Å². The number of nitrogens with zero attached hydrogens (tertiary/aromatic N) is 1. The fourth-order valence-corrected chi connectivity index (χ4v) is 1.26. The predicted octanol–water partition coefficient (Wildman–Crippen LogP) is 0.690.